The Balaban J connectivity index is 1.59. The summed E-state index contributed by atoms with van der Waals surface area (Å²) in [5.41, 5.74) is 3.52. The molecular weight excluding hydrogens is 635 g/mol. The molecule has 0 amide bonds. The van der Waals surface area contributed by atoms with Crippen LogP contribution in [0.25, 0.3) is 6.08 Å². The fourth-order valence-corrected chi connectivity index (χ4v) is 6.47. The molecular formula is C33H30BrFN2O5S. The summed E-state index contributed by atoms with van der Waals surface area (Å²) in [4.78, 5) is 32.2. The van der Waals surface area contributed by atoms with Crippen molar-refractivity contribution in [2.45, 2.75) is 40.3 Å². The van der Waals surface area contributed by atoms with Gasteiger partial charge in [0.1, 0.15) is 12.4 Å². The van der Waals surface area contributed by atoms with Crippen molar-refractivity contribution in [1.82, 2.24) is 4.57 Å². The second-order valence-corrected chi connectivity index (χ2v) is 11.7. The largest absolute Gasteiger partial charge is 0.490 e. The molecule has 0 saturated heterocycles. The van der Waals surface area contributed by atoms with Crippen LogP contribution in [0.5, 0.6) is 11.5 Å². The molecule has 1 aromatic heterocycles. The van der Waals surface area contributed by atoms with Crippen LogP contribution < -0.4 is 24.4 Å². The number of carbonyl (C=O) groups is 1. The molecule has 7 nitrogen and oxygen atoms in total. The number of carbonyl (C=O) groups excluding carboxylic acids is 1. The number of allylic oxidation sites excluding steroid dienone is 1. The molecule has 0 spiro atoms. The first-order chi connectivity index (χ1) is 20.7. The molecule has 1 aliphatic rings. The van der Waals surface area contributed by atoms with Gasteiger partial charge in [-0.1, -0.05) is 59.4 Å². The first-order valence-electron chi connectivity index (χ1n) is 13.8. The van der Waals surface area contributed by atoms with E-state index in [0.717, 1.165) is 11.1 Å². The standard InChI is InChI=1S/C33H30BrFN2O5S/c1-5-40-26-16-21(15-24(34)30(26)42-18-23-9-7-8-10-25(23)35)17-27-31(38)37-29(22-13-11-19(3)12-14-22)28(32(39)41-6-2)20(4)36-33(37)43-27/h7-17,29H,5-6,18H2,1-4H3/b27-17+/t29-/m0/s1. The highest BCUT2D eigenvalue weighted by molar-refractivity contribution is 9.10. The number of esters is 1. The van der Waals surface area contributed by atoms with Gasteiger partial charge < -0.3 is 14.2 Å². The Morgan fingerprint density at radius 1 is 1.07 bits per heavy atom. The van der Waals surface area contributed by atoms with Crippen molar-refractivity contribution in [2.24, 2.45) is 4.99 Å². The highest BCUT2D eigenvalue weighted by Gasteiger charge is 2.33. The molecule has 4 aromatic rings. The van der Waals surface area contributed by atoms with Gasteiger partial charge in [-0.3, -0.25) is 9.36 Å². The summed E-state index contributed by atoms with van der Waals surface area (Å²) in [7, 11) is 0. The van der Waals surface area contributed by atoms with E-state index in [1.54, 1.807) is 48.8 Å². The Morgan fingerprint density at radius 3 is 2.51 bits per heavy atom. The molecule has 2 heterocycles. The van der Waals surface area contributed by atoms with Crippen LogP contribution in [0.1, 0.15) is 49.1 Å². The second-order valence-electron chi connectivity index (χ2n) is 9.86. The Bertz CT molecular complexity index is 1900. The Labute approximate surface area is 260 Å². The minimum absolute atomic E-state index is 0.0183. The van der Waals surface area contributed by atoms with Crippen molar-refractivity contribution in [3.63, 3.8) is 0 Å². The van der Waals surface area contributed by atoms with Crippen molar-refractivity contribution in [3.05, 3.63) is 124 Å². The van der Waals surface area contributed by atoms with Crippen LogP contribution in [0.3, 0.4) is 0 Å². The van der Waals surface area contributed by atoms with Gasteiger partial charge in [0.25, 0.3) is 5.56 Å². The van der Waals surface area contributed by atoms with E-state index in [0.29, 0.717) is 54.3 Å². The van der Waals surface area contributed by atoms with Crippen molar-refractivity contribution < 1.29 is 23.4 Å². The normalized spacial score (nSPS) is 14.7. The third-order valence-electron chi connectivity index (χ3n) is 6.87. The number of aromatic nitrogens is 1. The summed E-state index contributed by atoms with van der Waals surface area (Å²) in [6.45, 7) is 7.94. The van der Waals surface area contributed by atoms with Gasteiger partial charge in [-0.2, -0.15) is 0 Å². The molecule has 10 heteroatoms. The summed E-state index contributed by atoms with van der Waals surface area (Å²) >= 11 is 4.81. The van der Waals surface area contributed by atoms with E-state index in [-0.39, 0.29) is 24.6 Å². The first kappa shape index (κ1) is 30.4. The number of halogens is 2. The molecule has 0 unspecified atom stereocenters. The highest BCUT2D eigenvalue weighted by atomic mass is 79.9. The molecule has 0 N–H and O–H groups in total. The molecule has 1 atom stereocenters. The van der Waals surface area contributed by atoms with Gasteiger partial charge in [-0.05, 0) is 79.0 Å². The smallest absolute Gasteiger partial charge is 0.338 e. The van der Waals surface area contributed by atoms with E-state index in [4.69, 9.17) is 14.2 Å². The quantitative estimate of drug-likeness (QED) is 0.206. The number of nitrogens with zero attached hydrogens (tertiary/aromatic N) is 2. The van der Waals surface area contributed by atoms with Crippen LogP contribution in [0.15, 0.2) is 86.2 Å². The van der Waals surface area contributed by atoms with Gasteiger partial charge in [-0.25, -0.2) is 14.2 Å². The maximum atomic E-state index is 14.2. The lowest BCUT2D eigenvalue weighted by Crippen LogP contribution is -2.39. The number of thiazole rings is 1. The van der Waals surface area contributed by atoms with E-state index in [1.807, 2.05) is 44.2 Å². The van der Waals surface area contributed by atoms with Crippen LogP contribution in [0.4, 0.5) is 4.39 Å². The Kier molecular flexibility index (Phi) is 9.27. The highest BCUT2D eigenvalue weighted by Crippen LogP contribution is 2.38. The average Bonchev–Trinajstić information content (AvgIpc) is 3.27. The van der Waals surface area contributed by atoms with E-state index in [2.05, 4.69) is 20.9 Å². The summed E-state index contributed by atoms with van der Waals surface area (Å²) in [5.74, 6) is 0.0248. The molecule has 0 radical (unpaired) electrons. The Hall–Kier alpha value is -4.02. The molecule has 0 fully saturated rings. The molecule has 43 heavy (non-hydrogen) atoms. The monoisotopic (exact) mass is 664 g/mol. The van der Waals surface area contributed by atoms with Gasteiger partial charge in [-0.15, -0.1) is 0 Å². The minimum atomic E-state index is -0.682. The lowest BCUT2D eigenvalue weighted by Gasteiger charge is -2.24. The maximum absolute atomic E-state index is 14.2. The topological polar surface area (TPSA) is 79.1 Å². The zero-order valence-corrected chi connectivity index (χ0v) is 26.6. The van der Waals surface area contributed by atoms with Crippen LogP contribution in [0.2, 0.25) is 0 Å². The van der Waals surface area contributed by atoms with Crippen molar-refractivity contribution in [3.8, 4) is 11.5 Å². The van der Waals surface area contributed by atoms with Crippen LogP contribution in [-0.4, -0.2) is 23.8 Å². The molecule has 0 saturated carbocycles. The van der Waals surface area contributed by atoms with E-state index in [1.165, 1.54) is 17.4 Å². The van der Waals surface area contributed by atoms with Crippen LogP contribution in [0, 0.1) is 12.7 Å². The molecule has 5 rings (SSSR count). The van der Waals surface area contributed by atoms with Gasteiger partial charge in [0.05, 0.1) is 39.5 Å². The molecule has 0 aliphatic carbocycles. The van der Waals surface area contributed by atoms with Gasteiger partial charge in [0.2, 0.25) is 0 Å². The molecule has 3 aromatic carbocycles. The number of aryl methyl sites for hydroxylation is 1. The van der Waals surface area contributed by atoms with Crippen LogP contribution >= 0.6 is 27.3 Å². The fraction of sp³-hybridized carbons (Fsp3) is 0.242. The van der Waals surface area contributed by atoms with Crippen molar-refractivity contribution in [1.29, 1.82) is 0 Å². The zero-order valence-electron chi connectivity index (χ0n) is 24.1. The van der Waals surface area contributed by atoms with Crippen LogP contribution in [-0.2, 0) is 16.1 Å². The number of hydrogen-bond acceptors (Lipinski definition) is 7. The van der Waals surface area contributed by atoms with Gasteiger partial charge in [0.15, 0.2) is 16.3 Å². The predicted octanol–water partition coefficient (Wildman–Crippen LogP) is 5.99. The first-order valence-corrected chi connectivity index (χ1v) is 15.4. The lowest BCUT2D eigenvalue weighted by molar-refractivity contribution is -0.139. The summed E-state index contributed by atoms with van der Waals surface area (Å²) in [6.07, 6.45) is 1.76. The third kappa shape index (κ3) is 6.35. The summed E-state index contributed by atoms with van der Waals surface area (Å²) in [5, 5.41) is 0. The van der Waals surface area contributed by atoms with E-state index >= 15 is 0 Å². The number of fused-ring (bicyclic) bond motifs is 1. The zero-order chi connectivity index (χ0) is 30.7. The Morgan fingerprint density at radius 2 is 1.81 bits per heavy atom. The number of benzene rings is 3. The van der Waals surface area contributed by atoms with Gasteiger partial charge in [0, 0.05) is 5.56 Å². The average molecular weight is 666 g/mol. The number of hydrogen-bond donors (Lipinski definition) is 0. The minimum Gasteiger partial charge on any atom is -0.490 e. The van der Waals surface area contributed by atoms with Crippen molar-refractivity contribution in [2.75, 3.05) is 13.2 Å². The number of ether oxygens (including phenoxy) is 3. The van der Waals surface area contributed by atoms with Gasteiger partial charge >= 0.3 is 5.97 Å². The lowest BCUT2D eigenvalue weighted by atomic mass is 9.95. The summed E-state index contributed by atoms with van der Waals surface area (Å²) in [6, 6.07) is 17.1. The van der Waals surface area contributed by atoms with E-state index < -0.39 is 12.0 Å². The van der Waals surface area contributed by atoms with Crippen molar-refractivity contribution >= 4 is 39.3 Å². The molecule has 1 aliphatic heterocycles. The SMILES string of the molecule is CCOC(=O)C1=C(C)N=c2s/c(=C/c3cc(Br)c(OCc4ccccc4F)c(OCC)c3)c(=O)n2[C@H]1c1ccc(C)cc1. The molecule has 0 bridgehead atoms. The maximum Gasteiger partial charge on any atom is 0.338 e. The predicted molar refractivity (Wildman–Crippen MR) is 168 cm³/mol. The summed E-state index contributed by atoms with van der Waals surface area (Å²) < 4.78 is 34.0. The third-order valence-corrected chi connectivity index (χ3v) is 8.44. The second kappa shape index (κ2) is 13.1. The fourth-order valence-electron chi connectivity index (χ4n) is 4.85. The number of rotatable bonds is 9. The molecule has 222 valence electrons. The van der Waals surface area contributed by atoms with E-state index in [9.17, 15) is 14.0 Å².